The van der Waals surface area contributed by atoms with Gasteiger partial charge >= 0.3 is 0 Å². The van der Waals surface area contributed by atoms with Crippen LogP contribution in [0.5, 0.6) is 0 Å². The number of unbranched alkanes of at least 4 members (excludes halogenated alkanes) is 1. The molecule has 96 valence electrons. The molecule has 0 saturated carbocycles. The van der Waals surface area contributed by atoms with Crippen molar-refractivity contribution in [1.82, 2.24) is 4.90 Å². The van der Waals surface area contributed by atoms with Crippen molar-refractivity contribution in [2.24, 2.45) is 0 Å². The summed E-state index contributed by atoms with van der Waals surface area (Å²) in [4.78, 5) is 3.87. The third kappa shape index (κ3) is 1.97. The summed E-state index contributed by atoms with van der Waals surface area (Å²) < 4.78 is 0. The largest absolute Gasteiger partial charge is 0.323 e. The average Bonchev–Trinajstić information content (AvgIpc) is 2.44. The molecule has 0 unspecified atom stereocenters. The van der Waals surface area contributed by atoms with Gasteiger partial charge in [0.05, 0.1) is 0 Å². The third-order valence-electron chi connectivity index (χ3n) is 3.59. The molecular weight excluding hydrogens is 270 g/mol. The fourth-order valence-electron chi connectivity index (χ4n) is 2.60. The first-order chi connectivity index (χ1) is 9.24. The van der Waals surface area contributed by atoms with Crippen molar-refractivity contribution in [2.75, 3.05) is 6.54 Å². The van der Waals surface area contributed by atoms with E-state index in [1.165, 1.54) is 10.8 Å². The van der Waals surface area contributed by atoms with Gasteiger partial charge in [0.2, 0.25) is 0 Å². The summed E-state index contributed by atoms with van der Waals surface area (Å²) in [7, 11) is 0. The Bertz CT molecular complexity index is 625. The average molecular weight is 285 g/mol. The minimum Gasteiger partial charge on any atom is -0.323 e. The lowest BCUT2D eigenvalue weighted by molar-refractivity contribution is 0.583. The number of benzene rings is 2. The Morgan fingerprint density at radius 2 is 1.53 bits per heavy atom. The second-order valence-electron chi connectivity index (χ2n) is 4.82. The summed E-state index contributed by atoms with van der Waals surface area (Å²) in [5.74, 6) is 0. The van der Waals surface area contributed by atoms with Gasteiger partial charge < -0.3 is 4.90 Å². The first-order valence-corrected chi connectivity index (χ1v) is 7.43. The number of thiocarbonyl (C=S) groups is 2. The second-order valence-corrected chi connectivity index (χ2v) is 5.60. The first-order valence-electron chi connectivity index (χ1n) is 6.62. The molecule has 0 bridgehead atoms. The van der Waals surface area contributed by atoms with E-state index < -0.39 is 0 Å². The Kier molecular flexibility index (Phi) is 3.33. The summed E-state index contributed by atoms with van der Waals surface area (Å²) in [6.45, 7) is 3.10. The van der Waals surface area contributed by atoms with E-state index >= 15 is 0 Å². The highest BCUT2D eigenvalue weighted by atomic mass is 32.1. The molecule has 0 radical (unpaired) electrons. The van der Waals surface area contributed by atoms with Crippen LogP contribution in [-0.2, 0) is 0 Å². The van der Waals surface area contributed by atoms with Crippen molar-refractivity contribution < 1.29 is 0 Å². The molecule has 0 fully saturated rings. The smallest absolute Gasteiger partial charge is 0.114 e. The van der Waals surface area contributed by atoms with Crippen LogP contribution in [0.15, 0.2) is 36.4 Å². The van der Waals surface area contributed by atoms with E-state index in [1.807, 2.05) is 0 Å². The van der Waals surface area contributed by atoms with Gasteiger partial charge in [-0.2, -0.15) is 0 Å². The number of hydrogen-bond acceptors (Lipinski definition) is 2. The van der Waals surface area contributed by atoms with Gasteiger partial charge in [0.15, 0.2) is 0 Å². The van der Waals surface area contributed by atoms with Gasteiger partial charge in [-0.3, -0.25) is 0 Å². The predicted octanol–water partition coefficient (Wildman–Crippen LogP) is 4.31. The standard InChI is InChI=1S/C16H15NS2/c1-2-3-10-17-15(18)12-8-4-6-11-7-5-9-13(14(11)12)16(17)19/h4-9H,2-3,10H2,1H3. The van der Waals surface area contributed by atoms with E-state index in [9.17, 15) is 0 Å². The van der Waals surface area contributed by atoms with E-state index in [0.29, 0.717) is 0 Å². The van der Waals surface area contributed by atoms with E-state index in [1.54, 1.807) is 0 Å². The zero-order valence-corrected chi connectivity index (χ0v) is 12.5. The van der Waals surface area contributed by atoms with Gasteiger partial charge in [0, 0.05) is 23.1 Å². The van der Waals surface area contributed by atoms with Crippen LogP contribution in [0.25, 0.3) is 10.8 Å². The third-order valence-corrected chi connectivity index (χ3v) is 4.47. The number of rotatable bonds is 3. The normalized spacial score (nSPS) is 14.3. The molecule has 19 heavy (non-hydrogen) atoms. The highest BCUT2D eigenvalue weighted by molar-refractivity contribution is 7.82. The van der Waals surface area contributed by atoms with Crippen LogP contribution in [-0.4, -0.2) is 21.4 Å². The lowest BCUT2D eigenvalue weighted by atomic mass is 9.95. The fourth-order valence-corrected chi connectivity index (χ4v) is 3.36. The Morgan fingerprint density at radius 3 is 2.05 bits per heavy atom. The summed E-state index contributed by atoms with van der Waals surface area (Å²) >= 11 is 11.3. The predicted molar refractivity (Wildman–Crippen MR) is 89.0 cm³/mol. The molecule has 0 amide bonds. The maximum atomic E-state index is 5.64. The van der Waals surface area contributed by atoms with E-state index in [-0.39, 0.29) is 0 Å². The Balaban J connectivity index is 2.19. The Hall–Kier alpha value is -1.32. The SMILES string of the molecule is CCCCN1C(=S)c2cccc3cccc(c23)C1=S. The molecule has 0 aliphatic carbocycles. The first kappa shape index (κ1) is 12.7. The monoisotopic (exact) mass is 285 g/mol. The van der Waals surface area contributed by atoms with Crippen LogP contribution in [0.1, 0.15) is 30.9 Å². The van der Waals surface area contributed by atoms with Crippen molar-refractivity contribution in [3.05, 3.63) is 47.5 Å². The van der Waals surface area contributed by atoms with Crippen molar-refractivity contribution in [3.8, 4) is 0 Å². The van der Waals surface area contributed by atoms with Gasteiger partial charge in [-0.1, -0.05) is 74.2 Å². The highest BCUT2D eigenvalue weighted by Gasteiger charge is 2.26. The number of nitrogens with zero attached hydrogens (tertiary/aromatic N) is 1. The molecule has 0 atom stereocenters. The zero-order valence-electron chi connectivity index (χ0n) is 10.8. The van der Waals surface area contributed by atoms with Crippen LogP contribution < -0.4 is 0 Å². The molecule has 0 saturated heterocycles. The molecule has 3 rings (SSSR count). The van der Waals surface area contributed by atoms with Crippen molar-refractivity contribution in [2.45, 2.75) is 19.8 Å². The van der Waals surface area contributed by atoms with E-state index in [2.05, 4.69) is 48.2 Å². The molecule has 0 aromatic heterocycles. The summed E-state index contributed by atoms with van der Waals surface area (Å²) in [5, 5.41) is 2.43. The van der Waals surface area contributed by atoms with Crippen LogP contribution in [0, 0.1) is 0 Å². The molecule has 2 aromatic carbocycles. The lowest BCUT2D eigenvalue weighted by Gasteiger charge is -2.32. The van der Waals surface area contributed by atoms with Crippen molar-refractivity contribution in [3.63, 3.8) is 0 Å². The molecule has 1 aliphatic heterocycles. The minimum absolute atomic E-state index is 0.878. The van der Waals surface area contributed by atoms with Gasteiger partial charge in [0.25, 0.3) is 0 Å². The fraction of sp³-hybridized carbons (Fsp3) is 0.250. The van der Waals surface area contributed by atoms with Crippen molar-refractivity contribution >= 4 is 45.2 Å². The van der Waals surface area contributed by atoms with Gasteiger partial charge in [-0.15, -0.1) is 0 Å². The molecule has 3 heteroatoms. The quantitative estimate of drug-likeness (QED) is 0.774. The number of hydrogen-bond donors (Lipinski definition) is 0. The Labute approximate surface area is 124 Å². The topological polar surface area (TPSA) is 3.24 Å². The highest BCUT2D eigenvalue weighted by Crippen LogP contribution is 2.31. The summed E-state index contributed by atoms with van der Waals surface area (Å²) in [6, 6.07) is 12.6. The molecular formula is C16H15NS2. The summed E-state index contributed by atoms with van der Waals surface area (Å²) in [5.41, 5.74) is 2.29. The van der Waals surface area contributed by atoms with Crippen molar-refractivity contribution in [1.29, 1.82) is 0 Å². The molecule has 1 aliphatic rings. The molecule has 2 aromatic rings. The molecule has 0 spiro atoms. The lowest BCUT2D eigenvalue weighted by Crippen LogP contribution is -2.39. The van der Waals surface area contributed by atoms with Crippen LogP contribution >= 0.6 is 24.4 Å². The summed E-state index contributed by atoms with van der Waals surface area (Å²) in [6.07, 6.45) is 2.26. The van der Waals surface area contributed by atoms with Crippen LogP contribution in [0.4, 0.5) is 0 Å². The minimum atomic E-state index is 0.878. The molecule has 1 heterocycles. The van der Waals surface area contributed by atoms with Crippen LogP contribution in [0.3, 0.4) is 0 Å². The van der Waals surface area contributed by atoms with Gasteiger partial charge in [0.1, 0.15) is 9.98 Å². The second kappa shape index (κ2) is 4.99. The van der Waals surface area contributed by atoms with E-state index in [0.717, 1.165) is 40.5 Å². The van der Waals surface area contributed by atoms with Gasteiger partial charge in [-0.05, 0) is 11.8 Å². The molecule has 1 nitrogen and oxygen atoms in total. The maximum absolute atomic E-state index is 5.64. The maximum Gasteiger partial charge on any atom is 0.114 e. The van der Waals surface area contributed by atoms with E-state index in [4.69, 9.17) is 24.4 Å². The van der Waals surface area contributed by atoms with Crippen LogP contribution in [0.2, 0.25) is 0 Å². The van der Waals surface area contributed by atoms with Gasteiger partial charge in [-0.25, -0.2) is 0 Å². The zero-order chi connectivity index (χ0) is 13.4. The molecule has 0 N–H and O–H groups in total. The Morgan fingerprint density at radius 1 is 0.947 bits per heavy atom.